The summed E-state index contributed by atoms with van der Waals surface area (Å²) in [5.74, 6) is -0.143. The molecule has 0 saturated carbocycles. The first-order valence-corrected chi connectivity index (χ1v) is 8.44. The zero-order valence-electron chi connectivity index (χ0n) is 15.2. The first-order valence-electron chi connectivity index (χ1n) is 8.44. The number of benzene rings is 1. The standard InChI is InChI=1S/C20H27N3O/c1-6-14(2)22-19(24)18-13-17(11-12-21-18)23-16-9-7-15(8-10-16)20(3,4)5/h7-14H,6H2,1-5H3,(H,21,23)(H,22,24). The second-order valence-corrected chi connectivity index (χ2v) is 7.16. The minimum absolute atomic E-state index is 0.135. The fourth-order valence-electron chi connectivity index (χ4n) is 2.25. The maximum Gasteiger partial charge on any atom is 0.270 e. The van der Waals surface area contributed by atoms with Gasteiger partial charge in [-0.05, 0) is 48.6 Å². The van der Waals surface area contributed by atoms with Crippen molar-refractivity contribution in [2.24, 2.45) is 0 Å². The SMILES string of the molecule is CCC(C)NC(=O)c1cc(Nc2ccc(C(C)(C)C)cc2)ccn1. The molecule has 0 saturated heterocycles. The lowest BCUT2D eigenvalue weighted by molar-refractivity contribution is 0.0934. The Kier molecular flexibility index (Phi) is 5.60. The summed E-state index contributed by atoms with van der Waals surface area (Å²) in [5, 5.41) is 6.26. The summed E-state index contributed by atoms with van der Waals surface area (Å²) < 4.78 is 0. The average molecular weight is 325 g/mol. The van der Waals surface area contributed by atoms with Gasteiger partial charge in [0.1, 0.15) is 5.69 Å². The Morgan fingerprint density at radius 3 is 2.38 bits per heavy atom. The van der Waals surface area contributed by atoms with Crippen molar-refractivity contribution in [2.45, 2.75) is 52.5 Å². The number of aromatic nitrogens is 1. The van der Waals surface area contributed by atoms with Crippen LogP contribution in [-0.2, 0) is 5.41 Å². The second kappa shape index (κ2) is 7.47. The lowest BCUT2D eigenvalue weighted by atomic mass is 9.87. The van der Waals surface area contributed by atoms with Crippen LogP contribution in [0.2, 0.25) is 0 Å². The molecule has 0 aliphatic rings. The zero-order valence-corrected chi connectivity index (χ0v) is 15.2. The van der Waals surface area contributed by atoms with Gasteiger partial charge in [0.05, 0.1) is 0 Å². The quantitative estimate of drug-likeness (QED) is 0.841. The number of hydrogen-bond acceptors (Lipinski definition) is 3. The molecule has 1 aromatic heterocycles. The highest BCUT2D eigenvalue weighted by Crippen LogP contribution is 2.25. The smallest absolute Gasteiger partial charge is 0.270 e. The number of hydrogen-bond donors (Lipinski definition) is 2. The van der Waals surface area contributed by atoms with Crippen LogP contribution in [0, 0.1) is 0 Å². The molecule has 1 amide bonds. The van der Waals surface area contributed by atoms with Crippen molar-refractivity contribution in [3.05, 3.63) is 53.9 Å². The molecule has 1 aromatic carbocycles. The molecular formula is C20H27N3O. The van der Waals surface area contributed by atoms with Crippen LogP contribution < -0.4 is 10.6 Å². The molecule has 4 heteroatoms. The van der Waals surface area contributed by atoms with Gasteiger partial charge in [0.25, 0.3) is 5.91 Å². The highest BCUT2D eigenvalue weighted by atomic mass is 16.1. The first-order chi connectivity index (χ1) is 11.3. The van der Waals surface area contributed by atoms with Crippen molar-refractivity contribution in [3.8, 4) is 0 Å². The highest BCUT2D eigenvalue weighted by molar-refractivity contribution is 5.93. The summed E-state index contributed by atoms with van der Waals surface area (Å²) in [4.78, 5) is 16.3. The van der Waals surface area contributed by atoms with Crippen LogP contribution in [0.3, 0.4) is 0 Å². The molecule has 0 radical (unpaired) electrons. The summed E-state index contributed by atoms with van der Waals surface area (Å²) in [7, 11) is 0. The lowest BCUT2D eigenvalue weighted by Gasteiger charge is -2.19. The summed E-state index contributed by atoms with van der Waals surface area (Å²) in [6.45, 7) is 10.6. The van der Waals surface area contributed by atoms with Crippen LogP contribution in [0.5, 0.6) is 0 Å². The topological polar surface area (TPSA) is 54.0 Å². The van der Waals surface area contributed by atoms with Gasteiger partial charge in [-0.1, -0.05) is 39.8 Å². The third kappa shape index (κ3) is 4.82. The number of nitrogens with one attached hydrogen (secondary N) is 2. The molecule has 128 valence electrons. The van der Waals surface area contributed by atoms with Crippen molar-refractivity contribution in [1.82, 2.24) is 10.3 Å². The number of nitrogens with zero attached hydrogens (tertiary/aromatic N) is 1. The predicted molar refractivity (Wildman–Crippen MR) is 99.9 cm³/mol. The lowest BCUT2D eigenvalue weighted by Crippen LogP contribution is -2.32. The van der Waals surface area contributed by atoms with Gasteiger partial charge < -0.3 is 10.6 Å². The van der Waals surface area contributed by atoms with E-state index in [0.29, 0.717) is 5.69 Å². The van der Waals surface area contributed by atoms with E-state index in [-0.39, 0.29) is 17.4 Å². The van der Waals surface area contributed by atoms with E-state index in [1.165, 1.54) is 5.56 Å². The van der Waals surface area contributed by atoms with Crippen LogP contribution in [-0.4, -0.2) is 16.9 Å². The van der Waals surface area contributed by atoms with Crippen molar-refractivity contribution >= 4 is 17.3 Å². The Labute approximate surface area is 144 Å². The van der Waals surface area contributed by atoms with Gasteiger partial charge in [-0.25, -0.2) is 0 Å². The van der Waals surface area contributed by atoms with E-state index in [1.807, 2.05) is 19.9 Å². The minimum Gasteiger partial charge on any atom is -0.355 e. The molecule has 1 heterocycles. The second-order valence-electron chi connectivity index (χ2n) is 7.16. The van der Waals surface area contributed by atoms with Crippen LogP contribution in [0.15, 0.2) is 42.6 Å². The molecule has 2 N–H and O–H groups in total. The summed E-state index contributed by atoms with van der Waals surface area (Å²) in [6, 6.07) is 12.1. The predicted octanol–water partition coefficient (Wildman–Crippen LogP) is 4.65. The number of rotatable bonds is 5. The van der Waals surface area contributed by atoms with Crippen molar-refractivity contribution in [2.75, 3.05) is 5.32 Å². The molecule has 0 spiro atoms. The number of pyridine rings is 1. The molecule has 0 bridgehead atoms. The average Bonchev–Trinajstić information content (AvgIpc) is 2.54. The summed E-state index contributed by atoms with van der Waals surface area (Å²) in [5.41, 5.74) is 3.68. The van der Waals surface area contributed by atoms with E-state index in [4.69, 9.17) is 0 Å². The highest BCUT2D eigenvalue weighted by Gasteiger charge is 2.13. The molecule has 0 fully saturated rings. The van der Waals surface area contributed by atoms with Crippen LogP contribution in [0.25, 0.3) is 0 Å². The van der Waals surface area contributed by atoms with Crippen molar-refractivity contribution in [1.29, 1.82) is 0 Å². The molecule has 1 unspecified atom stereocenters. The number of anilines is 2. The van der Waals surface area contributed by atoms with E-state index in [2.05, 4.69) is 60.7 Å². The van der Waals surface area contributed by atoms with E-state index in [1.54, 1.807) is 12.3 Å². The Morgan fingerprint density at radius 1 is 1.12 bits per heavy atom. The van der Waals surface area contributed by atoms with E-state index < -0.39 is 0 Å². The number of amides is 1. The molecule has 0 aliphatic carbocycles. The largest absolute Gasteiger partial charge is 0.355 e. The zero-order chi connectivity index (χ0) is 17.7. The van der Waals surface area contributed by atoms with Gasteiger partial charge in [-0.2, -0.15) is 0 Å². The van der Waals surface area contributed by atoms with Crippen LogP contribution in [0.4, 0.5) is 11.4 Å². The van der Waals surface area contributed by atoms with Gasteiger partial charge >= 0.3 is 0 Å². The molecule has 0 aliphatic heterocycles. The van der Waals surface area contributed by atoms with Crippen molar-refractivity contribution < 1.29 is 4.79 Å². The van der Waals surface area contributed by atoms with Gasteiger partial charge in [-0.15, -0.1) is 0 Å². The normalized spacial score (nSPS) is 12.5. The maximum absolute atomic E-state index is 12.2. The molecule has 2 rings (SSSR count). The Bertz CT molecular complexity index is 687. The number of carbonyl (C=O) groups excluding carboxylic acids is 1. The Hall–Kier alpha value is -2.36. The maximum atomic E-state index is 12.2. The van der Waals surface area contributed by atoms with Crippen LogP contribution in [0.1, 0.15) is 57.1 Å². The molecule has 2 aromatic rings. The van der Waals surface area contributed by atoms with E-state index >= 15 is 0 Å². The molecule has 24 heavy (non-hydrogen) atoms. The molecule has 1 atom stereocenters. The van der Waals surface area contributed by atoms with Crippen molar-refractivity contribution in [3.63, 3.8) is 0 Å². The van der Waals surface area contributed by atoms with E-state index in [0.717, 1.165) is 17.8 Å². The fourth-order valence-corrected chi connectivity index (χ4v) is 2.25. The number of carbonyl (C=O) groups is 1. The first kappa shape index (κ1) is 18.0. The van der Waals surface area contributed by atoms with Gasteiger partial charge in [0.15, 0.2) is 0 Å². The third-order valence-electron chi connectivity index (χ3n) is 4.02. The summed E-state index contributed by atoms with van der Waals surface area (Å²) >= 11 is 0. The minimum atomic E-state index is -0.143. The Morgan fingerprint density at radius 2 is 1.79 bits per heavy atom. The van der Waals surface area contributed by atoms with E-state index in [9.17, 15) is 4.79 Å². The molecular weight excluding hydrogens is 298 g/mol. The molecule has 4 nitrogen and oxygen atoms in total. The van der Waals surface area contributed by atoms with Gasteiger partial charge in [0, 0.05) is 23.6 Å². The van der Waals surface area contributed by atoms with Gasteiger partial charge in [0.2, 0.25) is 0 Å². The fraction of sp³-hybridized carbons (Fsp3) is 0.400. The summed E-state index contributed by atoms with van der Waals surface area (Å²) in [6.07, 6.45) is 2.54. The monoisotopic (exact) mass is 325 g/mol. The third-order valence-corrected chi connectivity index (χ3v) is 4.02. The Balaban J connectivity index is 2.10. The van der Waals surface area contributed by atoms with Gasteiger partial charge in [-0.3, -0.25) is 9.78 Å². The van der Waals surface area contributed by atoms with Crippen LogP contribution >= 0.6 is 0 Å².